The second-order valence-corrected chi connectivity index (χ2v) is 4.46. The maximum atomic E-state index is 12.6. The van der Waals surface area contributed by atoms with Crippen molar-refractivity contribution in [2.24, 2.45) is 11.8 Å². The minimum atomic E-state index is -3.17. The van der Waals surface area contributed by atoms with E-state index in [0.717, 1.165) is 0 Å². The fraction of sp³-hybridized carbons (Fsp3) is 1.00. The average Bonchev–Trinajstić information content (AvgIpc) is 2.43. The van der Waals surface area contributed by atoms with Gasteiger partial charge in [0.1, 0.15) is 5.60 Å². The van der Waals surface area contributed by atoms with Gasteiger partial charge in [-0.25, -0.2) is 0 Å². The Bertz CT molecular complexity index is 164. The second-order valence-electron chi connectivity index (χ2n) is 3.46. The number of rotatable bonds is 2. The molecule has 0 amide bonds. The molecule has 1 fully saturated rings. The first-order valence-electron chi connectivity index (χ1n) is 3.56. The maximum absolute atomic E-state index is 12.6. The van der Waals surface area contributed by atoms with Gasteiger partial charge < -0.3 is 5.11 Å². The van der Waals surface area contributed by atoms with Crippen molar-refractivity contribution in [3.05, 3.63) is 0 Å². The standard InChI is InChI=1S/C7H11BrF2O/c1-4-3-5(4)6(2,11)7(8,9)10/h4-5,11H,3H2,1-2H3. The van der Waals surface area contributed by atoms with Crippen molar-refractivity contribution in [2.45, 2.75) is 30.7 Å². The molecular formula is C7H11BrF2O. The molecule has 0 radical (unpaired) electrons. The van der Waals surface area contributed by atoms with E-state index in [1.165, 1.54) is 6.92 Å². The van der Waals surface area contributed by atoms with Crippen LogP contribution in [0, 0.1) is 11.8 Å². The van der Waals surface area contributed by atoms with E-state index in [1.54, 1.807) is 0 Å². The number of hydrogen-bond acceptors (Lipinski definition) is 1. The Morgan fingerprint density at radius 1 is 1.55 bits per heavy atom. The largest absolute Gasteiger partial charge is 0.383 e. The lowest BCUT2D eigenvalue weighted by molar-refractivity contribution is -0.119. The Morgan fingerprint density at radius 2 is 1.91 bits per heavy atom. The van der Waals surface area contributed by atoms with E-state index in [1.807, 2.05) is 6.92 Å². The van der Waals surface area contributed by atoms with Crippen molar-refractivity contribution >= 4 is 15.9 Å². The van der Waals surface area contributed by atoms with Crippen molar-refractivity contribution < 1.29 is 13.9 Å². The third kappa shape index (κ3) is 1.56. The molecule has 1 saturated carbocycles. The number of halogens is 3. The van der Waals surface area contributed by atoms with Gasteiger partial charge in [0, 0.05) is 0 Å². The van der Waals surface area contributed by atoms with Crippen LogP contribution in [0.25, 0.3) is 0 Å². The first-order valence-corrected chi connectivity index (χ1v) is 4.35. The van der Waals surface area contributed by atoms with Crippen LogP contribution in [0.3, 0.4) is 0 Å². The highest BCUT2D eigenvalue weighted by Gasteiger charge is 2.59. The quantitative estimate of drug-likeness (QED) is 0.720. The van der Waals surface area contributed by atoms with Gasteiger partial charge in [0.15, 0.2) is 0 Å². The molecule has 4 heteroatoms. The fourth-order valence-electron chi connectivity index (χ4n) is 1.32. The molecule has 0 aromatic carbocycles. The zero-order valence-electron chi connectivity index (χ0n) is 6.44. The molecule has 0 bridgehead atoms. The smallest absolute Gasteiger partial charge is 0.329 e. The van der Waals surface area contributed by atoms with Gasteiger partial charge >= 0.3 is 4.83 Å². The maximum Gasteiger partial charge on any atom is 0.329 e. The number of alkyl halides is 3. The van der Waals surface area contributed by atoms with Crippen molar-refractivity contribution in [2.75, 3.05) is 0 Å². The van der Waals surface area contributed by atoms with Gasteiger partial charge in [0.2, 0.25) is 0 Å². The molecule has 0 aromatic heterocycles. The summed E-state index contributed by atoms with van der Waals surface area (Å²) in [7, 11) is 0. The molecule has 0 aromatic rings. The van der Waals surface area contributed by atoms with Crippen LogP contribution < -0.4 is 0 Å². The van der Waals surface area contributed by atoms with Gasteiger partial charge in [-0.2, -0.15) is 8.78 Å². The van der Waals surface area contributed by atoms with Gasteiger partial charge in [-0.1, -0.05) is 6.92 Å². The molecule has 1 N–H and O–H groups in total. The zero-order chi connectivity index (χ0) is 8.86. The molecule has 1 rings (SSSR count). The minimum absolute atomic E-state index is 0.216. The van der Waals surface area contributed by atoms with E-state index in [9.17, 15) is 13.9 Å². The summed E-state index contributed by atoms with van der Waals surface area (Å²) in [5.74, 6) is -0.0506. The molecule has 1 aliphatic carbocycles. The Hall–Kier alpha value is 0.300. The first-order chi connectivity index (χ1) is 4.77. The molecule has 3 atom stereocenters. The van der Waals surface area contributed by atoms with Crippen LogP contribution in [0.1, 0.15) is 20.3 Å². The third-order valence-electron chi connectivity index (χ3n) is 2.41. The molecule has 1 nitrogen and oxygen atoms in total. The normalized spacial score (nSPS) is 36.5. The van der Waals surface area contributed by atoms with Gasteiger partial charge in [0.25, 0.3) is 0 Å². The summed E-state index contributed by atoms with van der Waals surface area (Å²) >= 11 is 2.18. The monoisotopic (exact) mass is 228 g/mol. The van der Waals surface area contributed by atoms with E-state index < -0.39 is 10.4 Å². The summed E-state index contributed by atoms with van der Waals surface area (Å²) < 4.78 is 25.3. The Morgan fingerprint density at radius 3 is 2.00 bits per heavy atom. The predicted molar refractivity (Wildman–Crippen MR) is 41.8 cm³/mol. The lowest BCUT2D eigenvalue weighted by atomic mass is 10.00. The number of hydrogen-bond donors (Lipinski definition) is 1. The average molecular weight is 229 g/mol. The van der Waals surface area contributed by atoms with E-state index in [4.69, 9.17) is 0 Å². The predicted octanol–water partition coefficient (Wildman–Crippen LogP) is 2.38. The molecule has 11 heavy (non-hydrogen) atoms. The van der Waals surface area contributed by atoms with Gasteiger partial charge in [-0.15, -0.1) is 0 Å². The summed E-state index contributed by atoms with van der Waals surface area (Å²) in [6, 6.07) is 0. The molecule has 0 spiro atoms. The topological polar surface area (TPSA) is 20.2 Å². The van der Waals surface area contributed by atoms with Crippen molar-refractivity contribution in [1.82, 2.24) is 0 Å². The summed E-state index contributed by atoms with van der Waals surface area (Å²) in [5, 5.41) is 9.36. The van der Waals surface area contributed by atoms with Crippen molar-refractivity contribution in [3.8, 4) is 0 Å². The van der Waals surface area contributed by atoms with Crippen LogP contribution in [0.2, 0.25) is 0 Å². The van der Waals surface area contributed by atoms with E-state index >= 15 is 0 Å². The van der Waals surface area contributed by atoms with Crippen LogP contribution in [0.15, 0.2) is 0 Å². The second kappa shape index (κ2) is 2.39. The Labute approximate surface area is 72.9 Å². The van der Waals surface area contributed by atoms with Gasteiger partial charge in [-0.3, -0.25) is 0 Å². The summed E-state index contributed by atoms with van der Waals surface area (Å²) in [4.78, 5) is -3.17. The summed E-state index contributed by atoms with van der Waals surface area (Å²) in [5.41, 5.74) is -1.90. The lowest BCUT2D eigenvalue weighted by Gasteiger charge is -2.28. The van der Waals surface area contributed by atoms with Crippen molar-refractivity contribution in [3.63, 3.8) is 0 Å². The van der Waals surface area contributed by atoms with E-state index in [-0.39, 0.29) is 11.8 Å². The lowest BCUT2D eigenvalue weighted by Crippen LogP contribution is -2.43. The molecule has 0 heterocycles. The minimum Gasteiger partial charge on any atom is -0.383 e. The van der Waals surface area contributed by atoms with Crippen molar-refractivity contribution in [1.29, 1.82) is 0 Å². The highest BCUT2D eigenvalue weighted by Crippen LogP contribution is 2.53. The molecular weight excluding hydrogens is 218 g/mol. The van der Waals surface area contributed by atoms with Gasteiger partial charge in [0.05, 0.1) is 0 Å². The van der Waals surface area contributed by atoms with Crippen LogP contribution in [-0.4, -0.2) is 15.5 Å². The molecule has 0 aliphatic heterocycles. The zero-order valence-corrected chi connectivity index (χ0v) is 8.03. The third-order valence-corrected chi connectivity index (χ3v) is 3.21. The summed E-state index contributed by atoms with van der Waals surface area (Å²) in [6.45, 7) is 3.04. The van der Waals surface area contributed by atoms with E-state index in [0.29, 0.717) is 6.42 Å². The number of aliphatic hydroxyl groups is 1. The van der Waals surface area contributed by atoms with Crippen LogP contribution in [0.4, 0.5) is 8.78 Å². The van der Waals surface area contributed by atoms with Crippen LogP contribution in [-0.2, 0) is 0 Å². The molecule has 0 saturated heterocycles. The first kappa shape index (κ1) is 9.39. The highest BCUT2D eigenvalue weighted by molar-refractivity contribution is 9.10. The fourth-order valence-corrected chi connectivity index (χ4v) is 1.61. The molecule has 1 aliphatic rings. The Kier molecular flexibility index (Phi) is 2.04. The highest BCUT2D eigenvalue weighted by atomic mass is 79.9. The van der Waals surface area contributed by atoms with Crippen LogP contribution in [0.5, 0.6) is 0 Å². The SMILES string of the molecule is CC1CC1C(C)(O)C(F)(F)Br. The Balaban J connectivity index is 2.67. The van der Waals surface area contributed by atoms with E-state index in [2.05, 4.69) is 15.9 Å². The molecule has 3 unspecified atom stereocenters. The molecule has 66 valence electrons. The summed E-state index contributed by atoms with van der Waals surface area (Å²) in [6.07, 6.45) is 0.689. The van der Waals surface area contributed by atoms with Gasteiger partial charge in [-0.05, 0) is 41.1 Å². The van der Waals surface area contributed by atoms with Crippen LogP contribution >= 0.6 is 15.9 Å².